The van der Waals surface area contributed by atoms with Crippen molar-refractivity contribution < 1.29 is 0 Å². The Bertz CT molecular complexity index is 37.3. The Balaban J connectivity index is 2.95. The van der Waals surface area contributed by atoms with Gasteiger partial charge in [-0.2, -0.15) is 0 Å². The molecule has 2 nitrogen and oxygen atoms in total. The van der Waals surface area contributed by atoms with Crippen LogP contribution in [0.25, 0.3) is 0 Å². The van der Waals surface area contributed by atoms with E-state index in [4.69, 9.17) is 0 Å². The molecule has 0 bridgehead atoms. The fourth-order valence-corrected chi connectivity index (χ4v) is 0.514. The van der Waals surface area contributed by atoms with Gasteiger partial charge < -0.3 is 10.3 Å². The van der Waals surface area contributed by atoms with Crippen LogP contribution in [0.3, 0.4) is 0 Å². The molecule has 0 fully saturated rings. The van der Waals surface area contributed by atoms with Crippen LogP contribution in [0.1, 0.15) is 13.8 Å². The van der Waals surface area contributed by atoms with Crippen LogP contribution in [0.4, 0.5) is 0 Å². The normalized spacial score (nSPS) is 11.1. The molecule has 0 radical (unpaired) electrons. The molecular weight excluding hydrogens is 90.1 g/mol. The van der Waals surface area contributed by atoms with Gasteiger partial charge in [0.1, 0.15) is 0 Å². The summed E-state index contributed by atoms with van der Waals surface area (Å²) in [5.74, 6) is 0.488. The summed E-state index contributed by atoms with van der Waals surface area (Å²) in [6.45, 7) is 4.68. The average Bonchev–Trinajstić information content (AvgIpc) is 1.27. The molecule has 0 saturated heterocycles. The maximum Gasteiger partial charge on any atom is -0.0123 e. The first-order valence-corrected chi connectivity index (χ1v) is 2.51. The second kappa shape index (κ2) is 2.99. The quantitative estimate of drug-likeness (QED) is 0.487. The summed E-state index contributed by atoms with van der Waals surface area (Å²) in [4.78, 5) is 0. The summed E-state index contributed by atoms with van der Waals surface area (Å²) >= 11 is 0. The molecule has 0 aromatic heterocycles. The second-order valence-corrected chi connectivity index (χ2v) is 2.20. The van der Waals surface area contributed by atoms with Gasteiger partial charge in [-0.15, -0.1) is 0 Å². The van der Waals surface area contributed by atoms with Crippen molar-refractivity contribution >= 4 is 0 Å². The first kappa shape index (κ1) is 6.92. The minimum absolute atomic E-state index is 0.488. The van der Waals surface area contributed by atoms with Gasteiger partial charge in [-0.1, -0.05) is 13.8 Å². The molecule has 0 spiro atoms. The molecule has 0 amide bonds. The summed E-state index contributed by atoms with van der Waals surface area (Å²) < 4.78 is 0. The van der Waals surface area contributed by atoms with E-state index in [1.807, 2.05) is 13.8 Å². The predicted molar refractivity (Wildman–Crippen MR) is 30.8 cm³/mol. The molecule has 7 heavy (non-hydrogen) atoms. The number of hydroxylamine groups is 2. The fourth-order valence-electron chi connectivity index (χ4n) is 0.514. The zero-order valence-electron chi connectivity index (χ0n) is 5.14. The van der Waals surface area contributed by atoms with E-state index in [1.165, 1.54) is 0 Å². The molecule has 0 aliphatic rings. The number of hydrogen-bond acceptors (Lipinski definition) is 2. The van der Waals surface area contributed by atoms with Crippen LogP contribution in [-0.2, 0) is 0 Å². The fraction of sp³-hybridized carbons (Fsp3) is 1.00. The van der Waals surface area contributed by atoms with E-state index in [9.17, 15) is 5.21 Å². The van der Waals surface area contributed by atoms with E-state index in [2.05, 4.69) is 0 Å². The Labute approximate surface area is 44.7 Å². The molecule has 0 N–H and O–H groups in total. The van der Waals surface area contributed by atoms with Crippen LogP contribution < -0.4 is 0 Å². The average molecular weight is 102 g/mol. The monoisotopic (exact) mass is 102 g/mol. The van der Waals surface area contributed by atoms with Gasteiger partial charge in [0.2, 0.25) is 0 Å². The Hall–Kier alpha value is -0.0800. The Kier molecular flexibility index (Phi) is 2.96. The first-order chi connectivity index (χ1) is 3.13. The van der Waals surface area contributed by atoms with Gasteiger partial charge in [-0.05, 0) is 19.5 Å². The molecule has 0 rings (SSSR count). The smallest absolute Gasteiger partial charge is 0.0123 e. The van der Waals surface area contributed by atoms with E-state index in [0.29, 0.717) is 12.5 Å². The highest BCUT2D eigenvalue weighted by Crippen LogP contribution is 1.91. The number of hydrogen-bond donors (Lipinski definition) is 0. The molecule has 44 valence electrons. The zero-order chi connectivity index (χ0) is 5.86. The maximum atomic E-state index is 10.2. The molecule has 0 heterocycles. The van der Waals surface area contributed by atoms with Gasteiger partial charge in [0, 0.05) is 0 Å². The predicted octanol–water partition coefficient (Wildman–Crippen LogP) is 1.07. The Morgan fingerprint density at radius 3 is 2.00 bits per heavy atom. The van der Waals surface area contributed by atoms with Crippen LogP contribution in [0.5, 0.6) is 0 Å². The Morgan fingerprint density at radius 2 is 2.00 bits per heavy atom. The van der Waals surface area contributed by atoms with E-state index in [-0.39, 0.29) is 0 Å². The SMILES string of the molecule is CC(C)CN(C)[O-]. The molecule has 2 heteroatoms. The highest BCUT2D eigenvalue weighted by molar-refractivity contribution is 4.51. The first-order valence-electron chi connectivity index (χ1n) is 2.51. The van der Waals surface area contributed by atoms with Crippen molar-refractivity contribution in [2.24, 2.45) is 5.92 Å². The standard InChI is InChI=1S/C5H12NO/c1-5(2)4-6(3)7/h5H,4H2,1-3H3/q-1. The molecule has 0 aromatic carbocycles. The summed E-state index contributed by atoms with van der Waals surface area (Å²) in [6.07, 6.45) is 0. The van der Waals surface area contributed by atoms with Crippen LogP contribution in [-0.4, -0.2) is 18.7 Å². The third kappa shape index (κ3) is 5.92. The highest BCUT2D eigenvalue weighted by Gasteiger charge is 1.87. The topological polar surface area (TPSA) is 26.3 Å². The molecular formula is C5H12NO-. The lowest BCUT2D eigenvalue weighted by Gasteiger charge is -2.23. The van der Waals surface area contributed by atoms with Crippen molar-refractivity contribution in [3.05, 3.63) is 5.21 Å². The van der Waals surface area contributed by atoms with E-state index < -0.39 is 0 Å². The van der Waals surface area contributed by atoms with Crippen LogP contribution >= 0.6 is 0 Å². The van der Waals surface area contributed by atoms with Crippen molar-refractivity contribution in [3.8, 4) is 0 Å². The lowest BCUT2D eigenvalue weighted by Crippen LogP contribution is -2.15. The van der Waals surface area contributed by atoms with Crippen molar-refractivity contribution in [2.75, 3.05) is 13.6 Å². The molecule has 0 atom stereocenters. The van der Waals surface area contributed by atoms with Crippen LogP contribution in [0.2, 0.25) is 0 Å². The van der Waals surface area contributed by atoms with Gasteiger partial charge in [-0.3, -0.25) is 0 Å². The van der Waals surface area contributed by atoms with E-state index in [0.717, 1.165) is 5.06 Å². The lowest BCUT2D eigenvalue weighted by atomic mass is 10.2. The molecule has 0 saturated carbocycles. The lowest BCUT2D eigenvalue weighted by molar-refractivity contribution is 0.391. The minimum Gasteiger partial charge on any atom is -0.785 e. The van der Waals surface area contributed by atoms with Crippen molar-refractivity contribution in [3.63, 3.8) is 0 Å². The molecule has 0 unspecified atom stereocenters. The number of nitrogens with zero attached hydrogens (tertiary/aromatic N) is 1. The van der Waals surface area contributed by atoms with Crippen molar-refractivity contribution in [2.45, 2.75) is 13.8 Å². The van der Waals surface area contributed by atoms with Crippen molar-refractivity contribution in [1.82, 2.24) is 5.06 Å². The summed E-state index contributed by atoms with van der Waals surface area (Å²) in [7, 11) is 1.54. The van der Waals surface area contributed by atoms with Gasteiger partial charge in [0.05, 0.1) is 0 Å². The van der Waals surface area contributed by atoms with E-state index in [1.54, 1.807) is 7.05 Å². The largest absolute Gasteiger partial charge is 0.785 e. The van der Waals surface area contributed by atoms with Gasteiger partial charge in [0.25, 0.3) is 0 Å². The molecule has 0 aromatic rings. The summed E-state index contributed by atoms with van der Waals surface area (Å²) in [6, 6.07) is 0. The summed E-state index contributed by atoms with van der Waals surface area (Å²) in [5.41, 5.74) is 0. The van der Waals surface area contributed by atoms with Crippen LogP contribution in [0.15, 0.2) is 0 Å². The second-order valence-electron chi connectivity index (χ2n) is 2.20. The van der Waals surface area contributed by atoms with Crippen LogP contribution in [0, 0.1) is 11.1 Å². The molecule has 0 aliphatic heterocycles. The Morgan fingerprint density at radius 1 is 1.57 bits per heavy atom. The van der Waals surface area contributed by atoms with Gasteiger partial charge in [-0.25, -0.2) is 0 Å². The van der Waals surface area contributed by atoms with Gasteiger partial charge >= 0.3 is 0 Å². The van der Waals surface area contributed by atoms with Crippen molar-refractivity contribution in [1.29, 1.82) is 0 Å². The number of rotatable bonds is 2. The highest BCUT2D eigenvalue weighted by atomic mass is 16.5. The van der Waals surface area contributed by atoms with Gasteiger partial charge in [0.15, 0.2) is 0 Å². The van der Waals surface area contributed by atoms with E-state index >= 15 is 0 Å². The third-order valence-electron chi connectivity index (χ3n) is 0.622. The zero-order valence-corrected chi connectivity index (χ0v) is 5.14. The molecule has 0 aliphatic carbocycles. The third-order valence-corrected chi connectivity index (χ3v) is 0.622. The summed E-state index contributed by atoms with van der Waals surface area (Å²) in [5, 5.41) is 11.1. The minimum atomic E-state index is 0.488. The maximum absolute atomic E-state index is 10.2.